The summed E-state index contributed by atoms with van der Waals surface area (Å²) in [5, 5.41) is 3.20. The van der Waals surface area contributed by atoms with Gasteiger partial charge in [0.2, 0.25) is 0 Å². The van der Waals surface area contributed by atoms with Crippen molar-refractivity contribution < 1.29 is 4.74 Å². The van der Waals surface area contributed by atoms with Gasteiger partial charge < -0.3 is 10.5 Å². The number of ether oxygens (including phenoxy) is 1. The summed E-state index contributed by atoms with van der Waals surface area (Å²) in [4.78, 5) is 4.71. The number of nitrogens with zero attached hydrogens (tertiary/aromatic N) is 1. The third-order valence-corrected chi connectivity index (χ3v) is 4.41. The molecule has 3 nitrogen and oxygen atoms in total. The van der Waals surface area contributed by atoms with Crippen LogP contribution in [0, 0.1) is 0 Å². The number of aromatic nitrogens is 1. The minimum atomic E-state index is -0.244. The Morgan fingerprint density at radius 1 is 1.44 bits per heavy atom. The Kier molecular flexibility index (Phi) is 6.26. The molecule has 18 heavy (non-hydrogen) atoms. The topological polar surface area (TPSA) is 48.1 Å². The van der Waals surface area contributed by atoms with Gasteiger partial charge in [-0.1, -0.05) is 20.3 Å². The molecular formula is C14H26N2OS. The molecule has 1 aromatic heterocycles. The van der Waals surface area contributed by atoms with Crippen LogP contribution in [0.25, 0.3) is 0 Å². The van der Waals surface area contributed by atoms with Crippen LogP contribution in [0.1, 0.15) is 57.7 Å². The lowest BCUT2D eigenvalue weighted by atomic mass is 10.0. The molecule has 0 saturated carbocycles. The van der Waals surface area contributed by atoms with Gasteiger partial charge in [0.15, 0.2) is 0 Å². The van der Waals surface area contributed by atoms with E-state index >= 15 is 0 Å². The van der Waals surface area contributed by atoms with Crippen molar-refractivity contribution in [1.29, 1.82) is 0 Å². The van der Waals surface area contributed by atoms with Crippen molar-refractivity contribution >= 4 is 11.3 Å². The summed E-state index contributed by atoms with van der Waals surface area (Å²) in [6, 6.07) is 0.227. The van der Waals surface area contributed by atoms with Gasteiger partial charge in [0.25, 0.3) is 0 Å². The van der Waals surface area contributed by atoms with Gasteiger partial charge in [-0.05, 0) is 26.7 Å². The van der Waals surface area contributed by atoms with Gasteiger partial charge in [-0.15, -0.1) is 11.3 Å². The Bertz CT molecular complexity index is 353. The van der Waals surface area contributed by atoms with Crippen LogP contribution in [-0.4, -0.2) is 17.6 Å². The molecule has 2 unspecified atom stereocenters. The molecule has 0 fully saturated rings. The van der Waals surface area contributed by atoms with Crippen molar-refractivity contribution in [2.45, 2.75) is 65.0 Å². The first-order chi connectivity index (χ1) is 8.55. The van der Waals surface area contributed by atoms with Gasteiger partial charge in [-0.2, -0.15) is 0 Å². The number of hydrogen-bond donors (Lipinski definition) is 1. The van der Waals surface area contributed by atoms with Crippen molar-refractivity contribution in [2.75, 3.05) is 6.61 Å². The van der Waals surface area contributed by atoms with Crippen LogP contribution in [0.4, 0.5) is 0 Å². The maximum Gasteiger partial charge on any atom is 0.125 e. The SMILES string of the molecule is CCCC(N)Cc1csc(C(C)(CC)OCC)n1. The predicted molar refractivity (Wildman–Crippen MR) is 78.0 cm³/mol. The first-order valence-electron chi connectivity index (χ1n) is 6.90. The monoisotopic (exact) mass is 270 g/mol. The van der Waals surface area contributed by atoms with Crippen molar-refractivity contribution in [3.05, 3.63) is 16.1 Å². The third-order valence-electron chi connectivity index (χ3n) is 3.27. The van der Waals surface area contributed by atoms with Crippen LogP contribution >= 0.6 is 11.3 Å². The molecule has 0 aromatic carbocycles. The number of hydrogen-bond acceptors (Lipinski definition) is 4. The predicted octanol–water partition coefficient (Wildman–Crippen LogP) is 3.47. The Balaban J connectivity index is 2.72. The highest BCUT2D eigenvalue weighted by molar-refractivity contribution is 7.09. The lowest BCUT2D eigenvalue weighted by molar-refractivity contribution is -0.0325. The van der Waals surface area contributed by atoms with Crippen LogP contribution in [-0.2, 0) is 16.8 Å². The minimum Gasteiger partial charge on any atom is -0.368 e. The fraction of sp³-hybridized carbons (Fsp3) is 0.786. The van der Waals surface area contributed by atoms with Crippen LogP contribution in [0.15, 0.2) is 5.38 Å². The number of nitrogens with two attached hydrogens (primary N) is 1. The zero-order valence-corrected chi connectivity index (χ0v) is 12.8. The molecule has 1 aromatic rings. The second kappa shape index (κ2) is 7.22. The van der Waals surface area contributed by atoms with E-state index in [1.54, 1.807) is 11.3 Å². The van der Waals surface area contributed by atoms with E-state index in [0.29, 0.717) is 6.61 Å². The van der Waals surface area contributed by atoms with Crippen LogP contribution in [0.3, 0.4) is 0 Å². The van der Waals surface area contributed by atoms with E-state index in [4.69, 9.17) is 15.5 Å². The van der Waals surface area contributed by atoms with Gasteiger partial charge in [-0.25, -0.2) is 4.98 Å². The lowest BCUT2D eigenvalue weighted by Gasteiger charge is -2.25. The molecule has 1 heterocycles. The fourth-order valence-electron chi connectivity index (χ4n) is 2.02. The molecule has 104 valence electrons. The standard InChI is InChI=1S/C14H26N2OS/c1-5-8-11(15)9-12-10-18-13(16-12)14(4,6-2)17-7-3/h10-11H,5-9,15H2,1-4H3. The molecule has 2 atom stereocenters. The maximum atomic E-state index is 6.06. The van der Waals surface area contributed by atoms with Crippen LogP contribution in [0.5, 0.6) is 0 Å². The second-order valence-corrected chi connectivity index (χ2v) is 5.77. The number of rotatable bonds is 8. The lowest BCUT2D eigenvalue weighted by Crippen LogP contribution is -2.25. The summed E-state index contributed by atoms with van der Waals surface area (Å²) < 4.78 is 5.85. The van der Waals surface area contributed by atoms with Gasteiger partial charge in [0.05, 0.1) is 5.69 Å². The highest BCUT2D eigenvalue weighted by Gasteiger charge is 2.28. The highest BCUT2D eigenvalue weighted by atomic mass is 32.1. The highest BCUT2D eigenvalue weighted by Crippen LogP contribution is 2.31. The van der Waals surface area contributed by atoms with E-state index in [2.05, 4.69) is 26.2 Å². The molecular weight excluding hydrogens is 244 g/mol. The van der Waals surface area contributed by atoms with Crippen molar-refractivity contribution in [3.63, 3.8) is 0 Å². The van der Waals surface area contributed by atoms with E-state index in [1.807, 2.05) is 6.92 Å². The Morgan fingerprint density at radius 2 is 2.17 bits per heavy atom. The molecule has 0 saturated heterocycles. The van der Waals surface area contributed by atoms with Crippen molar-refractivity contribution in [1.82, 2.24) is 4.98 Å². The molecule has 0 bridgehead atoms. The normalized spacial score (nSPS) is 16.5. The minimum absolute atomic E-state index is 0.227. The summed E-state index contributed by atoms with van der Waals surface area (Å²) in [5.74, 6) is 0. The average Bonchev–Trinajstić information content (AvgIpc) is 2.78. The molecule has 0 aliphatic rings. The van der Waals surface area contributed by atoms with Gasteiger partial charge >= 0.3 is 0 Å². The van der Waals surface area contributed by atoms with E-state index in [9.17, 15) is 0 Å². The first kappa shape index (κ1) is 15.6. The van der Waals surface area contributed by atoms with E-state index in [1.165, 1.54) is 0 Å². The largest absolute Gasteiger partial charge is 0.368 e. The molecule has 4 heteroatoms. The fourth-order valence-corrected chi connectivity index (χ4v) is 3.04. The van der Waals surface area contributed by atoms with E-state index < -0.39 is 0 Å². The molecule has 2 N–H and O–H groups in total. The van der Waals surface area contributed by atoms with Gasteiger partial charge in [0, 0.05) is 24.4 Å². The van der Waals surface area contributed by atoms with E-state index in [0.717, 1.165) is 36.4 Å². The van der Waals surface area contributed by atoms with Crippen molar-refractivity contribution in [2.24, 2.45) is 5.73 Å². The molecule has 0 aliphatic carbocycles. The smallest absolute Gasteiger partial charge is 0.125 e. The van der Waals surface area contributed by atoms with Crippen LogP contribution < -0.4 is 5.73 Å². The second-order valence-electron chi connectivity index (χ2n) is 4.91. The molecule has 0 radical (unpaired) electrons. The van der Waals surface area contributed by atoms with Gasteiger partial charge in [-0.3, -0.25) is 0 Å². The quantitative estimate of drug-likeness (QED) is 0.787. The number of thiazole rings is 1. The first-order valence-corrected chi connectivity index (χ1v) is 7.78. The summed E-state index contributed by atoms with van der Waals surface area (Å²) in [7, 11) is 0. The zero-order chi connectivity index (χ0) is 13.6. The third kappa shape index (κ3) is 4.04. The Labute approximate surface area is 115 Å². The van der Waals surface area contributed by atoms with Crippen molar-refractivity contribution in [3.8, 4) is 0 Å². The van der Waals surface area contributed by atoms with E-state index in [-0.39, 0.29) is 11.6 Å². The maximum absolute atomic E-state index is 6.06. The summed E-state index contributed by atoms with van der Waals surface area (Å²) in [5.41, 5.74) is 6.92. The Morgan fingerprint density at radius 3 is 2.72 bits per heavy atom. The summed E-state index contributed by atoms with van der Waals surface area (Å²) >= 11 is 1.69. The Hall–Kier alpha value is -0.450. The van der Waals surface area contributed by atoms with Crippen LogP contribution in [0.2, 0.25) is 0 Å². The molecule has 0 spiro atoms. The summed E-state index contributed by atoms with van der Waals surface area (Å²) in [6.07, 6.45) is 4.00. The molecule has 1 rings (SSSR count). The van der Waals surface area contributed by atoms with Gasteiger partial charge in [0.1, 0.15) is 10.6 Å². The molecule has 0 aliphatic heterocycles. The zero-order valence-electron chi connectivity index (χ0n) is 12.0. The molecule has 0 amide bonds. The average molecular weight is 270 g/mol. The summed E-state index contributed by atoms with van der Waals surface area (Å²) in [6.45, 7) is 9.16.